The molecule has 12 heteroatoms. The Labute approximate surface area is 296 Å². The monoisotopic (exact) mass is 700 g/mol. The Kier molecular flexibility index (Phi) is 12.4. The van der Waals surface area contributed by atoms with Crippen LogP contribution in [0, 0.1) is 25.2 Å². The van der Waals surface area contributed by atoms with Gasteiger partial charge in [-0.1, -0.05) is 41.9 Å². The quantitative estimate of drug-likeness (QED) is 0.149. The van der Waals surface area contributed by atoms with Crippen molar-refractivity contribution in [2.75, 3.05) is 46.1 Å². The van der Waals surface area contributed by atoms with Gasteiger partial charge >= 0.3 is 0 Å². The van der Waals surface area contributed by atoms with Gasteiger partial charge in [-0.15, -0.1) is 0 Å². The standard InChI is InChI=1S/C38H41ClN4O7/c1-25-29(5-3-6-31(25)32-7-4-8-33(26(32)2)37(47)43-9-11-48-12-10-43)21-50-36-15-35(49-20-28-13-27(16-40)17-41-18-28)30(14-34(36)39)19-42-38(22-44,23-45)24-46/h3-8,13-15,17-18,42,44-46H,9-12,19-24H2,1-2H3. The summed E-state index contributed by atoms with van der Waals surface area (Å²) in [5.74, 6) is 0.774. The maximum atomic E-state index is 13.4. The molecule has 5 rings (SSSR count). The first-order valence-corrected chi connectivity index (χ1v) is 16.7. The van der Waals surface area contributed by atoms with E-state index in [0.717, 1.165) is 27.8 Å². The van der Waals surface area contributed by atoms with Crippen molar-refractivity contribution in [2.24, 2.45) is 0 Å². The predicted octanol–water partition coefficient (Wildman–Crippen LogP) is 4.33. The number of hydrogen-bond donors (Lipinski definition) is 4. The van der Waals surface area contributed by atoms with Gasteiger partial charge < -0.3 is 39.7 Å². The highest BCUT2D eigenvalue weighted by atomic mass is 35.5. The number of aliphatic hydroxyl groups is 3. The van der Waals surface area contributed by atoms with Crippen LogP contribution in [-0.4, -0.2) is 82.8 Å². The SMILES string of the molecule is Cc1c(COc2cc(OCc3cncc(C#N)c3)c(CNC(CO)(CO)CO)cc2Cl)cccc1-c1cccc(C(=O)N2CCOCC2)c1C. The summed E-state index contributed by atoms with van der Waals surface area (Å²) in [5, 5.41) is 42.0. The fraction of sp³-hybridized carbons (Fsp3) is 0.342. The van der Waals surface area contributed by atoms with Crippen LogP contribution in [0.4, 0.5) is 0 Å². The van der Waals surface area contributed by atoms with Crippen molar-refractivity contribution in [3.05, 3.63) is 111 Å². The highest BCUT2D eigenvalue weighted by Gasteiger charge is 2.28. The second-order valence-corrected chi connectivity index (χ2v) is 12.6. The lowest BCUT2D eigenvalue weighted by atomic mass is 9.91. The molecule has 0 radical (unpaired) electrons. The summed E-state index contributed by atoms with van der Waals surface area (Å²) in [6.07, 6.45) is 3.07. The van der Waals surface area contributed by atoms with Gasteiger partial charge in [0.1, 0.15) is 30.8 Å². The highest BCUT2D eigenvalue weighted by Crippen LogP contribution is 2.36. The number of nitrogens with zero attached hydrogens (tertiary/aromatic N) is 3. The number of nitrogens with one attached hydrogen (secondary N) is 1. The molecule has 0 aliphatic carbocycles. The Morgan fingerprint density at radius 1 is 0.940 bits per heavy atom. The second-order valence-electron chi connectivity index (χ2n) is 12.2. The Balaban J connectivity index is 1.39. The number of aromatic nitrogens is 1. The molecule has 262 valence electrons. The van der Waals surface area contributed by atoms with Crippen molar-refractivity contribution in [1.29, 1.82) is 5.26 Å². The molecule has 2 heterocycles. The molecular weight excluding hydrogens is 660 g/mol. The minimum atomic E-state index is -1.32. The van der Waals surface area contributed by atoms with Crippen molar-refractivity contribution in [1.82, 2.24) is 15.2 Å². The molecule has 0 spiro atoms. The summed E-state index contributed by atoms with van der Waals surface area (Å²) in [4.78, 5) is 19.3. The smallest absolute Gasteiger partial charge is 0.254 e. The van der Waals surface area contributed by atoms with Crippen LogP contribution in [0.15, 0.2) is 67.0 Å². The number of aliphatic hydroxyl groups excluding tert-OH is 3. The fourth-order valence-electron chi connectivity index (χ4n) is 5.73. The normalized spacial score (nSPS) is 13.2. The number of rotatable bonds is 14. The first kappa shape index (κ1) is 36.7. The largest absolute Gasteiger partial charge is 0.488 e. The molecule has 11 nitrogen and oxygen atoms in total. The van der Waals surface area contributed by atoms with Crippen LogP contribution < -0.4 is 14.8 Å². The number of amides is 1. The molecule has 1 aliphatic heterocycles. The molecule has 4 N–H and O–H groups in total. The van der Waals surface area contributed by atoms with Gasteiger partial charge in [0.25, 0.3) is 5.91 Å². The molecule has 3 aromatic carbocycles. The van der Waals surface area contributed by atoms with E-state index in [1.54, 1.807) is 24.4 Å². The van der Waals surface area contributed by atoms with Gasteiger partial charge in [-0.05, 0) is 59.9 Å². The van der Waals surface area contributed by atoms with Crippen LogP contribution in [0.5, 0.6) is 11.5 Å². The molecule has 1 aliphatic rings. The number of carbonyl (C=O) groups is 1. The number of hydrogen-bond acceptors (Lipinski definition) is 10. The molecule has 50 heavy (non-hydrogen) atoms. The highest BCUT2D eigenvalue weighted by molar-refractivity contribution is 6.32. The predicted molar refractivity (Wildman–Crippen MR) is 188 cm³/mol. The van der Waals surface area contributed by atoms with E-state index in [4.69, 9.17) is 25.8 Å². The topological polar surface area (TPSA) is 157 Å². The van der Waals surface area contributed by atoms with Crippen LogP contribution in [0.25, 0.3) is 11.1 Å². The van der Waals surface area contributed by atoms with Gasteiger partial charge in [0, 0.05) is 54.8 Å². The van der Waals surface area contributed by atoms with E-state index < -0.39 is 25.4 Å². The molecule has 0 atom stereocenters. The second kappa shape index (κ2) is 16.9. The number of morpholine rings is 1. The van der Waals surface area contributed by atoms with Gasteiger partial charge in [-0.2, -0.15) is 5.26 Å². The molecule has 0 unspecified atom stereocenters. The Morgan fingerprint density at radius 2 is 1.62 bits per heavy atom. The zero-order chi connectivity index (χ0) is 35.7. The summed E-state index contributed by atoms with van der Waals surface area (Å²) in [6.45, 7) is 5.11. The Bertz CT molecular complexity index is 1840. The third kappa shape index (κ3) is 8.42. The van der Waals surface area contributed by atoms with Crippen LogP contribution in [0.2, 0.25) is 5.02 Å². The molecule has 4 aromatic rings. The third-order valence-corrected chi connectivity index (χ3v) is 9.27. The van der Waals surface area contributed by atoms with E-state index in [0.29, 0.717) is 65.1 Å². The summed E-state index contributed by atoms with van der Waals surface area (Å²) in [5.41, 5.74) is 5.80. The summed E-state index contributed by atoms with van der Waals surface area (Å²) < 4.78 is 17.9. The zero-order valence-corrected chi connectivity index (χ0v) is 28.9. The van der Waals surface area contributed by atoms with E-state index >= 15 is 0 Å². The van der Waals surface area contributed by atoms with Gasteiger partial charge in [0.15, 0.2) is 0 Å². The lowest BCUT2D eigenvalue weighted by Crippen LogP contribution is -2.54. The average Bonchev–Trinajstić information content (AvgIpc) is 3.15. The van der Waals surface area contributed by atoms with Gasteiger partial charge in [-0.3, -0.25) is 9.78 Å². The van der Waals surface area contributed by atoms with Crippen molar-refractivity contribution < 1.29 is 34.3 Å². The lowest BCUT2D eigenvalue weighted by molar-refractivity contribution is 0.0302. The van der Waals surface area contributed by atoms with Crippen LogP contribution in [0.1, 0.15) is 43.7 Å². The Morgan fingerprint density at radius 3 is 2.32 bits per heavy atom. The molecule has 1 amide bonds. The molecular formula is C38H41ClN4O7. The van der Waals surface area contributed by atoms with Gasteiger partial charge in [-0.25, -0.2) is 0 Å². The molecule has 0 saturated carbocycles. The van der Waals surface area contributed by atoms with Crippen molar-refractivity contribution in [3.8, 4) is 28.7 Å². The van der Waals surface area contributed by atoms with E-state index in [-0.39, 0.29) is 25.7 Å². The number of nitriles is 1. The van der Waals surface area contributed by atoms with E-state index in [2.05, 4.69) is 16.4 Å². The van der Waals surface area contributed by atoms with Gasteiger partial charge in [0.05, 0.1) is 49.2 Å². The number of carbonyl (C=O) groups excluding carboxylic acids is 1. The summed E-state index contributed by atoms with van der Waals surface area (Å²) >= 11 is 6.73. The first-order chi connectivity index (χ1) is 24.2. The van der Waals surface area contributed by atoms with Crippen LogP contribution in [-0.2, 0) is 24.5 Å². The number of ether oxygens (including phenoxy) is 3. The minimum absolute atomic E-state index is 0.0000867. The van der Waals surface area contributed by atoms with E-state index in [9.17, 15) is 25.4 Å². The fourth-order valence-corrected chi connectivity index (χ4v) is 5.97. The van der Waals surface area contributed by atoms with Gasteiger partial charge in [0.2, 0.25) is 0 Å². The first-order valence-electron chi connectivity index (χ1n) is 16.3. The van der Waals surface area contributed by atoms with Crippen molar-refractivity contribution in [2.45, 2.75) is 39.1 Å². The molecule has 1 aromatic heterocycles. The summed E-state index contributed by atoms with van der Waals surface area (Å²) in [7, 11) is 0. The lowest BCUT2D eigenvalue weighted by Gasteiger charge is -2.29. The molecule has 1 fully saturated rings. The molecule has 1 saturated heterocycles. The maximum absolute atomic E-state index is 13.4. The van der Waals surface area contributed by atoms with E-state index in [1.165, 1.54) is 6.20 Å². The number of benzene rings is 3. The average molecular weight is 701 g/mol. The van der Waals surface area contributed by atoms with Crippen molar-refractivity contribution in [3.63, 3.8) is 0 Å². The van der Waals surface area contributed by atoms with Crippen LogP contribution in [0.3, 0.4) is 0 Å². The molecule has 0 bridgehead atoms. The number of pyridine rings is 1. The maximum Gasteiger partial charge on any atom is 0.254 e. The number of halogens is 1. The van der Waals surface area contributed by atoms with E-state index in [1.807, 2.05) is 55.1 Å². The Hall–Kier alpha value is -4.54. The summed E-state index contributed by atoms with van der Waals surface area (Å²) in [6, 6.07) is 18.9. The minimum Gasteiger partial charge on any atom is -0.488 e. The van der Waals surface area contributed by atoms with Crippen LogP contribution >= 0.6 is 11.6 Å². The zero-order valence-electron chi connectivity index (χ0n) is 28.1. The third-order valence-electron chi connectivity index (χ3n) is 8.98. The van der Waals surface area contributed by atoms with Crippen molar-refractivity contribution >= 4 is 17.5 Å².